The zero-order valence-corrected chi connectivity index (χ0v) is 15.3. The minimum absolute atomic E-state index is 0.0179. The van der Waals surface area contributed by atoms with Crippen molar-refractivity contribution in [3.63, 3.8) is 0 Å². The summed E-state index contributed by atoms with van der Waals surface area (Å²) in [5, 5.41) is 3.85. The van der Waals surface area contributed by atoms with Crippen LogP contribution >= 0.6 is 11.8 Å². The molecule has 2 aromatic carbocycles. The van der Waals surface area contributed by atoms with E-state index in [0.717, 1.165) is 27.6 Å². The first-order valence-electron chi connectivity index (χ1n) is 8.31. The molecule has 132 valence electrons. The molecule has 4 nitrogen and oxygen atoms in total. The summed E-state index contributed by atoms with van der Waals surface area (Å²) in [5.41, 5.74) is 3.04. The van der Waals surface area contributed by atoms with Crippen LogP contribution in [0.4, 0.5) is 5.69 Å². The number of nitrogens with zero attached hydrogens (tertiary/aromatic N) is 1. The zero-order valence-electron chi connectivity index (χ0n) is 14.5. The molecule has 1 aromatic heterocycles. The third-order valence-electron chi connectivity index (χ3n) is 3.63. The summed E-state index contributed by atoms with van der Waals surface area (Å²) in [7, 11) is 0. The molecule has 0 fully saturated rings. The van der Waals surface area contributed by atoms with Gasteiger partial charge in [-0.25, -0.2) is 4.98 Å². The Hall–Kier alpha value is -2.79. The molecule has 0 bridgehead atoms. The number of rotatable bonds is 7. The first-order chi connectivity index (χ1) is 12.7. The van der Waals surface area contributed by atoms with Gasteiger partial charge in [-0.15, -0.1) is 11.8 Å². The molecule has 0 saturated carbocycles. The molecule has 1 N–H and O–H groups in total. The van der Waals surface area contributed by atoms with E-state index in [1.807, 2.05) is 73.7 Å². The van der Waals surface area contributed by atoms with Gasteiger partial charge in [-0.3, -0.25) is 4.79 Å². The van der Waals surface area contributed by atoms with Crippen molar-refractivity contribution in [1.82, 2.24) is 4.98 Å². The molecule has 5 heteroatoms. The summed E-state index contributed by atoms with van der Waals surface area (Å²) in [4.78, 5) is 16.4. The Balaban J connectivity index is 1.51. The zero-order chi connectivity index (χ0) is 18.2. The lowest BCUT2D eigenvalue weighted by Gasteiger charge is -2.09. The third-order valence-corrected chi connectivity index (χ3v) is 4.64. The fourth-order valence-electron chi connectivity index (χ4n) is 2.31. The molecule has 0 aliphatic carbocycles. The third kappa shape index (κ3) is 5.63. The van der Waals surface area contributed by atoms with Crippen molar-refractivity contribution in [2.75, 3.05) is 11.9 Å². The molecule has 0 atom stereocenters. The number of anilines is 1. The van der Waals surface area contributed by atoms with E-state index in [1.165, 1.54) is 0 Å². The summed E-state index contributed by atoms with van der Waals surface area (Å²) in [6.07, 6.45) is 1.78. The number of nitrogens with one attached hydrogen (secondary N) is 1. The van der Waals surface area contributed by atoms with Gasteiger partial charge in [0.2, 0.25) is 0 Å². The molecule has 0 aliphatic heterocycles. The number of ether oxygens (including phenoxy) is 1. The molecule has 0 unspecified atom stereocenters. The molecule has 0 aliphatic rings. The number of carbonyl (C=O) groups is 1. The van der Waals surface area contributed by atoms with Gasteiger partial charge >= 0.3 is 0 Å². The number of aromatic nitrogens is 1. The monoisotopic (exact) mass is 364 g/mol. The van der Waals surface area contributed by atoms with Crippen LogP contribution in [-0.2, 0) is 10.5 Å². The van der Waals surface area contributed by atoms with Crippen LogP contribution in [-0.4, -0.2) is 17.5 Å². The van der Waals surface area contributed by atoms with Gasteiger partial charge in [0.15, 0.2) is 6.61 Å². The molecule has 3 rings (SSSR count). The van der Waals surface area contributed by atoms with E-state index in [1.54, 1.807) is 18.0 Å². The molecule has 3 aromatic rings. The molecular formula is C21H20N2O2S. The van der Waals surface area contributed by atoms with Crippen LogP contribution in [0.25, 0.3) is 0 Å². The van der Waals surface area contributed by atoms with Crippen LogP contribution in [0.5, 0.6) is 5.75 Å². The smallest absolute Gasteiger partial charge is 0.262 e. The fraction of sp³-hybridized carbons (Fsp3) is 0.143. The Labute approximate surface area is 157 Å². The quantitative estimate of drug-likeness (QED) is 0.618. The average Bonchev–Trinajstić information content (AvgIpc) is 2.67. The minimum atomic E-state index is -0.180. The van der Waals surface area contributed by atoms with Crippen LogP contribution in [0.3, 0.4) is 0 Å². The van der Waals surface area contributed by atoms with Crippen molar-refractivity contribution in [2.45, 2.75) is 17.7 Å². The maximum atomic E-state index is 12.1. The normalized spacial score (nSPS) is 10.3. The largest absolute Gasteiger partial charge is 0.484 e. The van der Waals surface area contributed by atoms with Crippen molar-refractivity contribution in [3.8, 4) is 5.75 Å². The van der Waals surface area contributed by atoms with E-state index >= 15 is 0 Å². The van der Waals surface area contributed by atoms with Crippen molar-refractivity contribution in [1.29, 1.82) is 0 Å². The van der Waals surface area contributed by atoms with Crippen LogP contribution in [0.15, 0.2) is 78.0 Å². The van der Waals surface area contributed by atoms with E-state index in [9.17, 15) is 4.79 Å². The van der Waals surface area contributed by atoms with Gasteiger partial charge in [0.05, 0.1) is 5.03 Å². The van der Waals surface area contributed by atoms with Gasteiger partial charge in [-0.05, 0) is 48.9 Å². The van der Waals surface area contributed by atoms with Crippen molar-refractivity contribution >= 4 is 23.4 Å². The fourth-order valence-corrected chi connectivity index (χ4v) is 3.11. The van der Waals surface area contributed by atoms with E-state index in [0.29, 0.717) is 5.75 Å². The van der Waals surface area contributed by atoms with E-state index in [2.05, 4.69) is 10.3 Å². The lowest BCUT2D eigenvalue weighted by Crippen LogP contribution is -2.20. The first kappa shape index (κ1) is 18.0. The molecule has 0 radical (unpaired) electrons. The maximum Gasteiger partial charge on any atom is 0.262 e. The second-order valence-corrected chi connectivity index (χ2v) is 6.80. The van der Waals surface area contributed by atoms with E-state index < -0.39 is 0 Å². The Kier molecular flexibility index (Phi) is 6.28. The molecule has 0 spiro atoms. The summed E-state index contributed by atoms with van der Waals surface area (Å²) < 4.78 is 5.51. The number of amides is 1. The second-order valence-electron chi connectivity index (χ2n) is 5.81. The molecule has 0 saturated heterocycles. The standard InChI is InChI=1S/C21H20N2O2S/c1-16-8-10-19(11-9-16)25-14-20(24)23-18-6-4-5-17(13-18)15-26-21-7-2-3-12-22-21/h2-13H,14-15H2,1H3,(H,23,24). The number of benzene rings is 2. The summed E-state index contributed by atoms with van der Waals surface area (Å²) in [5.74, 6) is 1.30. The number of hydrogen-bond acceptors (Lipinski definition) is 4. The van der Waals surface area contributed by atoms with Gasteiger partial charge in [-0.2, -0.15) is 0 Å². The van der Waals surface area contributed by atoms with E-state index in [-0.39, 0.29) is 12.5 Å². The van der Waals surface area contributed by atoms with Crippen molar-refractivity contribution in [3.05, 3.63) is 84.1 Å². The topological polar surface area (TPSA) is 51.2 Å². The molecule has 1 heterocycles. The van der Waals surface area contributed by atoms with Gasteiger partial charge in [0.25, 0.3) is 5.91 Å². The van der Waals surface area contributed by atoms with Crippen LogP contribution in [0.1, 0.15) is 11.1 Å². The highest BCUT2D eigenvalue weighted by Crippen LogP contribution is 2.22. The highest BCUT2D eigenvalue weighted by molar-refractivity contribution is 7.98. The van der Waals surface area contributed by atoms with Crippen LogP contribution < -0.4 is 10.1 Å². The minimum Gasteiger partial charge on any atom is -0.484 e. The Bertz CT molecular complexity index is 851. The lowest BCUT2D eigenvalue weighted by atomic mass is 10.2. The lowest BCUT2D eigenvalue weighted by molar-refractivity contribution is -0.118. The second kappa shape index (κ2) is 9.06. The first-order valence-corrected chi connectivity index (χ1v) is 9.30. The van der Waals surface area contributed by atoms with Gasteiger partial charge < -0.3 is 10.1 Å². The number of aryl methyl sites for hydroxylation is 1. The molecular weight excluding hydrogens is 344 g/mol. The van der Waals surface area contributed by atoms with Gasteiger partial charge in [-0.1, -0.05) is 35.9 Å². The number of carbonyl (C=O) groups excluding carboxylic acids is 1. The maximum absolute atomic E-state index is 12.1. The summed E-state index contributed by atoms with van der Waals surface area (Å²) >= 11 is 1.66. The predicted molar refractivity (Wildman–Crippen MR) is 106 cm³/mol. The van der Waals surface area contributed by atoms with Crippen molar-refractivity contribution < 1.29 is 9.53 Å². The Morgan fingerprint density at radius 1 is 1.08 bits per heavy atom. The van der Waals surface area contributed by atoms with E-state index in [4.69, 9.17) is 4.74 Å². The number of thioether (sulfide) groups is 1. The molecule has 26 heavy (non-hydrogen) atoms. The summed E-state index contributed by atoms with van der Waals surface area (Å²) in [6, 6.07) is 21.3. The Morgan fingerprint density at radius 2 is 1.92 bits per heavy atom. The SMILES string of the molecule is Cc1ccc(OCC(=O)Nc2cccc(CSc3ccccn3)c2)cc1. The van der Waals surface area contributed by atoms with Crippen LogP contribution in [0, 0.1) is 6.92 Å². The average molecular weight is 364 g/mol. The van der Waals surface area contributed by atoms with Gasteiger partial charge in [0.1, 0.15) is 5.75 Å². The number of hydrogen-bond donors (Lipinski definition) is 1. The number of pyridine rings is 1. The molecule has 1 amide bonds. The van der Waals surface area contributed by atoms with Gasteiger partial charge in [0, 0.05) is 17.6 Å². The Morgan fingerprint density at radius 3 is 2.69 bits per heavy atom. The summed E-state index contributed by atoms with van der Waals surface area (Å²) in [6.45, 7) is 1.99. The highest BCUT2D eigenvalue weighted by atomic mass is 32.2. The highest BCUT2D eigenvalue weighted by Gasteiger charge is 2.05. The van der Waals surface area contributed by atoms with Crippen molar-refractivity contribution in [2.24, 2.45) is 0 Å². The van der Waals surface area contributed by atoms with Crippen LogP contribution in [0.2, 0.25) is 0 Å². The predicted octanol–water partition coefficient (Wildman–Crippen LogP) is 4.70.